The lowest BCUT2D eigenvalue weighted by molar-refractivity contribution is 0.181. The number of benzene rings is 3. The average molecular weight is 547 g/mol. The molecular formula is C31H27ClN8. The normalized spacial score (nSPS) is 14.7. The first-order valence-corrected chi connectivity index (χ1v) is 13.8. The number of fused-ring (bicyclic) bond motifs is 2. The minimum Gasteiger partial charge on any atom is -0.382 e. The lowest BCUT2D eigenvalue weighted by atomic mass is 10.0. The minimum absolute atomic E-state index is 0.356. The van der Waals surface area contributed by atoms with Gasteiger partial charge >= 0.3 is 0 Å². The third-order valence-corrected chi connectivity index (χ3v) is 7.88. The second-order valence-corrected chi connectivity index (χ2v) is 10.6. The van der Waals surface area contributed by atoms with E-state index in [4.69, 9.17) is 27.3 Å². The second kappa shape index (κ2) is 10.3. The van der Waals surface area contributed by atoms with Crippen molar-refractivity contribution in [2.45, 2.75) is 25.4 Å². The molecule has 8 nitrogen and oxygen atoms in total. The van der Waals surface area contributed by atoms with Crippen molar-refractivity contribution >= 4 is 39.6 Å². The first kappa shape index (κ1) is 24.6. The molecule has 0 bridgehead atoms. The molecule has 4 heterocycles. The summed E-state index contributed by atoms with van der Waals surface area (Å²) in [6, 6.07) is 24.9. The highest BCUT2D eigenvalue weighted by Crippen LogP contribution is 2.32. The Morgan fingerprint density at radius 3 is 2.30 bits per heavy atom. The number of rotatable bonds is 5. The topological polar surface area (TPSA) is 98.6 Å². The molecule has 0 aliphatic carbocycles. The zero-order chi connectivity index (χ0) is 27.1. The fraction of sp³-hybridized carbons (Fsp3) is 0.194. The van der Waals surface area contributed by atoms with Crippen LogP contribution in [0.5, 0.6) is 0 Å². The molecule has 0 saturated carbocycles. The summed E-state index contributed by atoms with van der Waals surface area (Å²) in [7, 11) is 0. The van der Waals surface area contributed by atoms with E-state index in [1.54, 1.807) is 0 Å². The van der Waals surface area contributed by atoms with E-state index in [0.29, 0.717) is 22.4 Å². The van der Waals surface area contributed by atoms with E-state index in [9.17, 15) is 0 Å². The summed E-state index contributed by atoms with van der Waals surface area (Å²) < 4.78 is 2.15. The molecule has 9 heteroatoms. The van der Waals surface area contributed by atoms with Crippen molar-refractivity contribution in [1.82, 2.24) is 34.4 Å². The first-order chi connectivity index (χ1) is 19.6. The first-order valence-electron chi connectivity index (χ1n) is 13.4. The van der Waals surface area contributed by atoms with Crippen LogP contribution in [0.2, 0.25) is 5.02 Å². The van der Waals surface area contributed by atoms with Gasteiger partial charge in [0.2, 0.25) is 0 Å². The maximum Gasteiger partial charge on any atom is 0.165 e. The average Bonchev–Trinajstić information content (AvgIpc) is 3.43. The zero-order valence-corrected chi connectivity index (χ0v) is 22.5. The molecule has 40 heavy (non-hydrogen) atoms. The Labute approximate surface area is 236 Å². The number of nitrogen functional groups attached to an aromatic ring is 1. The number of nitrogens with zero attached hydrogens (tertiary/aromatic N) is 7. The number of imidazole rings is 1. The summed E-state index contributed by atoms with van der Waals surface area (Å²) >= 11 is 6.27. The molecular weight excluding hydrogens is 520 g/mol. The van der Waals surface area contributed by atoms with Gasteiger partial charge in [0.25, 0.3) is 0 Å². The number of halogens is 1. The van der Waals surface area contributed by atoms with Gasteiger partial charge in [0.15, 0.2) is 11.5 Å². The van der Waals surface area contributed by atoms with E-state index in [2.05, 4.69) is 60.8 Å². The summed E-state index contributed by atoms with van der Waals surface area (Å²) in [6.07, 6.45) is 5.42. The van der Waals surface area contributed by atoms with Gasteiger partial charge in [-0.25, -0.2) is 24.9 Å². The fourth-order valence-electron chi connectivity index (χ4n) is 5.55. The maximum absolute atomic E-state index is 6.27. The van der Waals surface area contributed by atoms with Crippen LogP contribution in [0.25, 0.3) is 44.7 Å². The lowest BCUT2D eigenvalue weighted by Crippen LogP contribution is -2.34. The molecule has 1 fully saturated rings. The highest BCUT2D eigenvalue weighted by atomic mass is 35.5. The Hall–Kier alpha value is -4.40. The van der Waals surface area contributed by atoms with Crippen molar-refractivity contribution in [2.24, 2.45) is 0 Å². The van der Waals surface area contributed by atoms with Crippen LogP contribution in [-0.4, -0.2) is 47.5 Å². The molecule has 7 rings (SSSR count). The van der Waals surface area contributed by atoms with Gasteiger partial charge in [-0.1, -0.05) is 66.2 Å². The summed E-state index contributed by atoms with van der Waals surface area (Å²) in [5.74, 6) is 0.430. The van der Waals surface area contributed by atoms with Crippen LogP contribution in [0.15, 0.2) is 85.5 Å². The maximum atomic E-state index is 6.27. The van der Waals surface area contributed by atoms with Gasteiger partial charge in [-0.05, 0) is 36.6 Å². The number of hydrogen-bond acceptors (Lipinski definition) is 7. The van der Waals surface area contributed by atoms with Gasteiger partial charge < -0.3 is 10.3 Å². The third kappa shape index (κ3) is 4.65. The Kier molecular flexibility index (Phi) is 6.34. The van der Waals surface area contributed by atoms with E-state index >= 15 is 0 Å². The van der Waals surface area contributed by atoms with Crippen molar-refractivity contribution in [3.8, 4) is 22.5 Å². The molecule has 3 aromatic heterocycles. The van der Waals surface area contributed by atoms with Gasteiger partial charge in [-0.2, -0.15) is 0 Å². The molecule has 3 aromatic carbocycles. The number of piperidine rings is 1. The number of likely N-dealkylation sites (tertiary alicyclic amines) is 1. The molecule has 2 N–H and O–H groups in total. The van der Waals surface area contributed by atoms with Crippen LogP contribution in [-0.2, 0) is 6.54 Å². The van der Waals surface area contributed by atoms with Crippen LogP contribution in [0, 0.1) is 0 Å². The number of anilines is 1. The van der Waals surface area contributed by atoms with Gasteiger partial charge in [-0.3, -0.25) is 4.90 Å². The van der Waals surface area contributed by atoms with Crippen molar-refractivity contribution in [2.75, 3.05) is 18.8 Å². The minimum atomic E-state index is 0.356. The van der Waals surface area contributed by atoms with E-state index in [1.807, 2.05) is 42.7 Å². The van der Waals surface area contributed by atoms with Crippen molar-refractivity contribution in [1.29, 1.82) is 0 Å². The van der Waals surface area contributed by atoms with E-state index in [0.717, 1.165) is 71.7 Å². The summed E-state index contributed by atoms with van der Waals surface area (Å²) in [4.78, 5) is 25.4. The smallest absolute Gasteiger partial charge is 0.165 e. The van der Waals surface area contributed by atoms with Crippen molar-refractivity contribution in [3.63, 3.8) is 0 Å². The third-order valence-electron chi connectivity index (χ3n) is 7.64. The SMILES string of the molecule is Nc1ncnc2c1ncn2C1CCN(Cc2ccc(-c3nc4cc(Cl)ccc4nc3-c3ccccc3)cc2)CC1. The Morgan fingerprint density at radius 1 is 0.800 bits per heavy atom. The molecule has 1 aliphatic rings. The van der Waals surface area contributed by atoms with E-state index in [1.165, 1.54) is 11.9 Å². The largest absolute Gasteiger partial charge is 0.382 e. The fourth-order valence-corrected chi connectivity index (χ4v) is 5.71. The van der Waals surface area contributed by atoms with Crippen molar-refractivity contribution < 1.29 is 0 Å². The highest BCUT2D eigenvalue weighted by Gasteiger charge is 2.23. The van der Waals surface area contributed by atoms with Crippen LogP contribution in [0.3, 0.4) is 0 Å². The van der Waals surface area contributed by atoms with Crippen LogP contribution < -0.4 is 5.73 Å². The molecule has 1 aliphatic heterocycles. The number of hydrogen-bond donors (Lipinski definition) is 1. The Morgan fingerprint density at radius 2 is 1.52 bits per heavy atom. The Bertz CT molecular complexity index is 1810. The predicted octanol–water partition coefficient (Wildman–Crippen LogP) is 6.18. The lowest BCUT2D eigenvalue weighted by Gasteiger charge is -2.32. The van der Waals surface area contributed by atoms with Gasteiger partial charge in [0.05, 0.1) is 28.7 Å². The Balaban J connectivity index is 1.10. The van der Waals surface area contributed by atoms with Crippen molar-refractivity contribution in [3.05, 3.63) is 96.0 Å². The predicted molar refractivity (Wildman–Crippen MR) is 159 cm³/mol. The quantitative estimate of drug-likeness (QED) is 0.276. The van der Waals surface area contributed by atoms with Crippen LogP contribution in [0.4, 0.5) is 5.82 Å². The summed E-state index contributed by atoms with van der Waals surface area (Å²) in [6.45, 7) is 2.90. The molecule has 0 amide bonds. The van der Waals surface area contributed by atoms with E-state index in [-0.39, 0.29) is 0 Å². The zero-order valence-electron chi connectivity index (χ0n) is 21.8. The summed E-state index contributed by atoms with van der Waals surface area (Å²) in [5, 5.41) is 0.651. The number of aromatic nitrogens is 6. The molecule has 0 unspecified atom stereocenters. The molecule has 1 saturated heterocycles. The van der Waals surface area contributed by atoms with Crippen LogP contribution >= 0.6 is 11.6 Å². The molecule has 0 atom stereocenters. The number of nitrogens with two attached hydrogens (primary N) is 1. The summed E-state index contributed by atoms with van der Waals surface area (Å²) in [5.41, 5.74) is 14.1. The molecule has 198 valence electrons. The van der Waals surface area contributed by atoms with Gasteiger partial charge in [0, 0.05) is 41.8 Å². The monoisotopic (exact) mass is 546 g/mol. The molecule has 0 spiro atoms. The second-order valence-electron chi connectivity index (χ2n) is 10.2. The molecule has 0 radical (unpaired) electrons. The molecule has 6 aromatic rings. The standard InChI is InChI=1S/C31H27ClN8/c32-23-10-11-25-26(16-23)38-28(27(37-25)21-4-2-1-3-5-21)22-8-6-20(7-9-22)17-39-14-12-24(13-15-39)40-19-36-29-30(33)34-18-35-31(29)40/h1-11,16,18-19,24H,12-15,17H2,(H2,33,34,35). The van der Waals surface area contributed by atoms with Gasteiger partial charge in [0.1, 0.15) is 11.8 Å². The van der Waals surface area contributed by atoms with E-state index < -0.39 is 0 Å². The van der Waals surface area contributed by atoms with Crippen LogP contribution in [0.1, 0.15) is 24.4 Å². The van der Waals surface area contributed by atoms with Gasteiger partial charge in [-0.15, -0.1) is 0 Å². The highest BCUT2D eigenvalue weighted by molar-refractivity contribution is 6.31.